The third kappa shape index (κ3) is 6.99. The van der Waals surface area contributed by atoms with Gasteiger partial charge in [0.15, 0.2) is 5.16 Å². The van der Waals surface area contributed by atoms with Gasteiger partial charge in [-0.05, 0) is 30.3 Å². The highest BCUT2D eigenvalue weighted by Gasteiger charge is 2.15. The molecule has 0 radical (unpaired) electrons. The first kappa shape index (κ1) is 25.6. The molecule has 0 unspecified atom stereocenters. The van der Waals surface area contributed by atoms with E-state index in [0.717, 1.165) is 0 Å². The fourth-order valence-corrected chi connectivity index (χ4v) is 4.04. The largest absolute Gasteiger partial charge is 0.497 e. The Kier molecular flexibility index (Phi) is 9.38. The second-order valence-electron chi connectivity index (χ2n) is 7.00. The van der Waals surface area contributed by atoms with Crippen molar-refractivity contribution < 1.29 is 14.3 Å². The average molecular weight is 520 g/mol. The lowest BCUT2D eigenvalue weighted by atomic mass is 10.2. The average Bonchev–Trinajstić information content (AvgIpc) is 3.21. The number of anilines is 1. The molecule has 0 aliphatic heterocycles. The van der Waals surface area contributed by atoms with Crippen molar-refractivity contribution >= 4 is 52.5 Å². The van der Waals surface area contributed by atoms with Crippen LogP contribution in [0.4, 0.5) is 5.69 Å². The van der Waals surface area contributed by atoms with Crippen molar-refractivity contribution in [2.75, 3.05) is 24.7 Å². The highest BCUT2D eigenvalue weighted by Crippen LogP contribution is 2.23. The maximum absolute atomic E-state index is 12.4. The molecule has 1 heterocycles. The first-order valence-corrected chi connectivity index (χ1v) is 12.0. The highest BCUT2D eigenvalue weighted by molar-refractivity contribution is 7.99. The number of benzene rings is 2. The van der Waals surface area contributed by atoms with Gasteiger partial charge in [-0.1, -0.05) is 47.1 Å². The van der Waals surface area contributed by atoms with Crippen LogP contribution < -0.4 is 15.4 Å². The van der Waals surface area contributed by atoms with Gasteiger partial charge >= 0.3 is 0 Å². The Morgan fingerprint density at radius 2 is 2.00 bits per heavy atom. The van der Waals surface area contributed by atoms with Crippen LogP contribution in [0.5, 0.6) is 5.75 Å². The van der Waals surface area contributed by atoms with Crippen LogP contribution in [0.3, 0.4) is 0 Å². The van der Waals surface area contributed by atoms with Crippen molar-refractivity contribution in [1.29, 1.82) is 0 Å². The number of nitrogens with zero attached hydrogens (tertiary/aromatic N) is 3. The molecular formula is C23H23Cl2N5O3S. The number of carbonyl (C=O) groups is 2. The Balaban J connectivity index is 1.55. The van der Waals surface area contributed by atoms with E-state index in [1.807, 2.05) is 4.57 Å². The SMILES string of the molecule is C=CCn1c(CCNC(=O)c2ccc(Cl)c(Cl)c2)nnc1SCC(=O)Nc1cccc(OC)c1. The molecule has 8 nitrogen and oxygen atoms in total. The van der Waals surface area contributed by atoms with Crippen molar-refractivity contribution in [3.8, 4) is 5.75 Å². The van der Waals surface area contributed by atoms with Crippen LogP contribution in [-0.4, -0.2) is 46.0 Å². The van der Waals surface area contributed by atoms with E-state index in [1.165, 1.54) is 17.8 Å². The molecule has 2 amide bonds. The van der Waals surface area contributed by atoms with E-state index in [2.05, 4.69) is 27.4 Å². The highest BCUT2D eigenvalue weighted by atomic mass is 35.5. The molecular weight excluding hydrogens is 497 g/mol. The summed E-state index contributed by atoms with van der Waals surface area (Å²) in [7, 11) is 1.57. The van der Waals surface area contributed by atoms with Gasteiger partial charge in [0.2, 0.25) is 5.91 Å². The Hall–Kier alpha value is -3.01. The monoisotopic (exact) mass is 519 g/mol. The van der Waals surface area contributed by atoms with Gasteiger partial charge in [-0.15, -0.1) is 16.8 Å². The quantitative estimate of drug-likeness (QED) is 0.286. The fraction of sp³-hybridized carbons (Fsp3) is 0.217. The summed E-state index contributed by atoms with van der Waals surface area (Å²) < 4.78 is 7.03. The van der Waals surface area contributed by atoms with Crippen molar-refractivity contribution in [2.24, 2.45) is 0 Å². The number of aromatic nitrogens is 3. The molecule has 178 valence electrons. The number of amides is 2. The lowest BCUT2D eigenvalue weighted by molar-refractivity contribution is -0.113. The molecule has 0 bridgehead atoms. The number of carbonyl (C=O) groups excluding carboxylic acids is 2. The zero-order chi connectivity index (χ0) is 24.5. The van der Waals surface area contributed by atoms with Crippen LogP contribution in [0.15, 0.2) is 60.3 Å². The third-order valence-electron chi connectivity index (χ3n) is 4.61. The molecule has 34 heavy (non-hydrogen) atoms. The minimum Gasteiger partial charge on any atom is -0.497 e. The molecule has 0 aliphatic carbocycles. The van der Waals surface area contributed by atoms with Crippen molar-refractivity contribution in [3.63, 3.8) is 0 Å². The van der Waals surface area contributed by atoms with E-state index < -0.39 is 0 Å². The summed E-state index contributed by atoms with van der Waals surface area (Å²) in [5.74, 6) is 1.04. The van der Waals surface area contributed by atoms with Gasteiger partial charge in [0.25, 0.3) is 5.91 Å². The van der Waals surface area contributed by atoms with Gasteiger partial charge in [-0.25, -0.2) is 0 Å². The van der Waals surface area contributed by atoms with Crippen molar-refractivity contribution in [2.45, 2.75) is 18.1 Å². The van der Waals surface area contributed by atoms with Gasteiger partial charge in [0, 0.05) is 36.8 Å². The molecule has 0 saturated heterocycles. The molecule has 0 atom stereocenters. The fourth-order valence-electron chi connectivity index (χ4n) is 2.98. The second-order valence-corrected chi connectivity index (χ2v) is 8.76. The number of thioether (sulfide) groups is 1. The van der Waals surface area contributed by atoms with E-state index in [0.29, 0.717) is 57.5 Å². The lowest BCUT2D eigenvalue weighted by Gasteiger charge is -2.09. The molecule has 2 aromatic carbocycles. The number of hydrogen-bond donors (Lipinski definition) is 2. The predicted molar refractivity (Wildman–Crippen MR) is 135 cm³/mol. The van der Waals surface area contributed by atoms with Crippen LogP contribution in [0.25, 0.3) is 0 Å². The summed E-state index contributed by atoms with van der Waals surface area (Å²) in [5, 5.41) is 15.4. The number of halogens is 2. The number of methoxy groups -OCH3 is 1. The molecule has 3 aromatic rings. The Morgan fingerprint density at radius 3 is 2.74 bits per heavy atom. The predicted octanol–water partition coefficient (Wildman–Crippen LogP) is 4.48. The van der Waals surface area contributed by atoms with E-state index in [4.69, 9.17) is 27.9 Å². The number of ether oxygens (including phenoxy) is 1. The maximum atomic E-state index is 12.4. The molecule has 3 rings (SSSR count). The second kappa shape index (κ2) is 12.5. The van der Waals surface area contributed by atoms with Gasteiger partial charge in [0.05, 0.1) is 22.9 Å². The van der Waals surface area contributed by atoms with E-state index in [9.17, 15) is 9.59 Å². The first-order valence-electron chi connectivity index (χ1n) is 10.2. The van der Waals surface area contributed by atoms with Gasteiger partial charge < -0.3 is 19.9 Å². The lowest BCUT2D eigenvalue weighted by Crippen LogP contribution is -2.26. The van der Waals surface area contributed by atoms with Crippen LogP contribution in [0, 0.1) is 0 Å². The van der Waals surface area contributed by atoms with Crippen molar-refractivity contribution in [1.82, 2.24) is 20.1 Å². The van der Waals surface area contributed by atoms with Crippen LogP contribution in [-0.2, 0) is 17.8 Å². The topological polar surface area (TPSA) is 98.1 Å². The zero-order valence-corrected chi connectivity index (χ0v) is 20.7. The number of nitrogens with one attached hydrogen (secondary N) is 2. The normalized spacial score (nSPS) is 10.6. The minimum absolute atomic E-state index is 0.153. The van der Waals surface area contributed by atoms with Crippen LogP contribution in [0.1, 0.15) is 16.2 Å². The number of hydrogen-bond acceptors (Lipinski definition) is 6. The minimum atomic E-state index is -0.267. The Morgan fingerprint density at radius 1 is 1.18 bits per heavy atom. The maximum Gasteiger partial charge on any atom is 0.251 e. The number of allylic oxidation sites excluding steroid dienone is 1. The first-order chi connectivity index (χ1) is 16.4. The Labute approximate surface area is 211 Å². The molecule has 11 heteroatoms. The van der Waals surface area contributed by atoms with Gasteiger partial charge in [-0.3, -0.25) is 9.59 Å². The summed E-state index contributed by atoms with van der Waals surface area (Å²) in [6.45, 7) is 4.60. The molecule has 0 aliphatic rings. The van der Waals surface area contributed by atoms with E-state index >= 15 is 0 Å². The smallest absolute Gasteiger partial charge is 0.251 e. The van der Waals surface area contributed by atoms with Gasteiger partial charge in [-0.2, -0.15) is 0 Å². The molecule has 2 N–H and O–H groups in total. The Bertz CT molecular complexity index is 1190. The van der Waals surface area contributed by atoms with Gasteiger partial charge in [0.1, 0.15) is 11.6 Å². The van der Waals surface area contributed by atoms with Crippen LogP contribution in [0.2, 0.25) is 10.0 Å². The summed E-state index contributed by atoms with van der Waals surface area (Å²) in [6.07, 6.45) is 2.17. The molecule has 0 fully saturated rings. The van der Waals surface area contributed by atoms with Crippen molar-refractivity contribution in [3.05, 3.63) is 76.6 Å². The zero-order valence-electron chi connectivity index (χ0n) is 18.4. The molecule has 1 aromatic heterocycles. The summed E-state index contributed by atoms with van der Waals surface area (Å²) in [4.78, 5) is 24.7. The van der Waals surface area contributed by atoms with Crippen LogP contribution >= 0.6 is 35.0 Å². The summed E-state index contributed by atoms with van der Waals surface area (Å²) in [6, 6.07) is 11.8. The number of rotatable bonds is 11. The molecule has 0 saturated carbocycles. The molecule has 0 spiro atoms. The summed E-state index contributed by atoms with van der Waals surface area (Å²) >= 11 is 13.1. The third-order valence-corrected chi connectivity index (χ3v) is 6.31. The summed E-state index contributed by atoms with van der Waals surface area (Å²) in [5.41, 5.74) is 1.07. The van der Waals surface area contributed by atoms with E-state index in [-0.39, 0.29) is 17.6 Å². The van der Waals surface area contributed by atoms with E-state index in [1.54, 1.807) is 49.6 Å². The standard InChI is InChI=1S/C23H23Cl2N5O3S/c1-3-11-30-20(9-10-26-22(32)15-7-8-18(24)19(25)12-15)28-29-23(30)34-14-21(31)27-16-5-4-6-17(13-16)33-2/h3-8,12-13H,1,9-11,14H2,2H3,(H,26,32)(H,27,31).